The number of nitrogens with one attached hydrogen (secondary N) is 2. The number of anilines is 1. The average molecular weight is 360 g/mol. The molecule has 0 aliphatic carbocycles. The quantitative estimate of drug-likeness (QED) is 0.536. The number of nitrogen functional groups attached to an aromatic ring is 1. The molecule has 1 amide bonds. The van der Waals surface area contributed by atoms with Crippen molar-refractivity contribution in [3.05, 3.63) is 64.2 Å². The fourth-order valence-corrected chi connectivity index (χ4v) is 2.14. The minimum absolute atomic E-state index is 0.225. The molecule has 2 aromatic carbocycles. The number of benzene rings is 2. The van der Waals surface area contributed by atoms with E-state index in [-0.39, 0.29) is 5.91 Å². The van der Waals surface area contributed by atoms with Gasteiger partial charge in [-0.3, -0.25) is 4.79 Å². The molecule has 0 radical (unpaired) electrons. The zero-order valence-electron chi connectivity index (χ0n) is 15.2. The number of halogens is 1. The van der Waals surface area contributed by atoms with Crippen molar-refractivity contribution in [2.75, 3.05) is 5.73 Å². The van der Waals surface area contributed by atoms with Crippen LogP contribution in [-0.4, -0.2) is 11.6 Å². The third kappa shape index (κ3) is 6.98. The highest BCUT2D eigenvalue weighted by Gasteiger charge is 2.10. The monoisotopic (exact) mass is 359 g/mol. The Morgan fingerprint density at radius 3 is 2.36 bits per heavy atom. The second-order valence-electron chi connectivity index (χ2n) is 6.43. The second-order valence-corrected chi connectivity index (χ2v) is 6.84. The van der Waals surface area contributed by atoms with E-state index in [0.29, 0.717) is 34.1 Å². The van der Waals surface area contributed by atoms with Crippen molar-refractivity contribution < 1.29 is 4.79 Å². The zero-order chi connectivity index (χ0) is 19.0. The molecule has 5 heteroatoms. The van der Waals surface area contributed by atoms with E-state index < -0.39 is 0 Å². The minimum Gasteiger partial charge on any atom is -0.398 e. The Morgan fingerprint density at radius 1 is 1.20 bits per heavy atom. The van der Waals surface area contributed by atoms with E-state index in [0.717, 1.165) is 11.5 Å². The summed E-state index contributed by atoms with van der Waals surface area (Å²) in [6.45, 7) is 8.49. The molecule has 134 valence electrons. The van der Waals surface area contributed by atoms with Crippen LogP contribution >= 0.6 is 11.6 Å². The number of hydrogen-bond acceptors (Lipinski definition) is 3. The van der Waals surface area contributed by atoms with Crippen LogP contribution in [0, 0.1) is 11.3 Å². The molecule has 2 rings (SSSR count). The Morgan fingerprint density at radius 2 is 1.80 bits per heavy atom. The van der Waals surface area contributed by atoms with Crippen LogP contribution in [0.25, 0.3) is 0 Å². The number of nitrogens with two attached hydrogens (primary N) is 1. The van der Waals surface area contributed by atoms with E-state index in [1.807, 2.05) is 18.2 Å². The molecule has 0 saturated carbocycles. The maximum atomic E-state index is 12.1. The summed E-state index contributed by atoms with van der Waals surface area (Å²) < 4.78 is 0. The molecular formula is C20H26ClN3O. The largest absolute Gasteiger partial charge is 0.398 e. The van der Waals surface area contributed by atoms with Crippen LogP contribution in [0.2, 0.25) is 5.02 Å². The van der Waals surface area contributed by atoms with Gasteiger partial charge < -0.3 is 16.5 Å². The minimum atomic E-state index is -0.225. The van der Waals surface area contributed by atoms with Gasteiger partial charge >= 0.3 is 0 Å². The van der Waals surface area contributed by atoms with E-state index in [1.165, 1.54) is 0 Å². The first-order valence-corrected chi connectivity index (χ1v) is 8.56. The molecule has 0 saturated heterocycles. The molecule has 0 aliphatic rings. The fourth-order valence-electron chi connectivity index (χ4n) is 1.94. The lowest BCUT2D eigenvalue weighted by molar-refractivity contribution is 0.0951. The van der Waals surface area contributed by atoms with Gasteiger partial charge in [-0.15, -0.1) is 0 Å². The normalized spacial score (nSPS) is 10.0. The van der Waals surface area contributed by atoms with Crippen molar-refractivity contribution in [1.82, 2.24) is 5.32 Å². The summed E-state index contributed by atoms with van der Waals surface area (Å²) in [6.07, 6.45) is 0. The Bertz CT molecular complexity index is 739. The molecular weight excluding hydrogens is 334 g/mol. The van der Waals surface area contributed by atoms with E-state index >= 15 is 0 Å². The first kappa shape index (κ1) is 20.7. The summed E-state index contributed by atoms with van der Waals surface area (Å²) in [5.74, 6) is 0.609. The summed E-state index contributed by atoms with van der Waals surface area (Å²) in [7, 11) is 0. The van der Waals surface area contributed by atoms with Gasteiger partial charge in [0.05, 0.1) is 0 Å². The molecule has 0 fully saturated rings. The van der Waals surface area contributed by atoms with E-state index in [2.05, 4.69) is 26.1 Å². The maximum Gasteiger partial charge on any atom is 0.251 e. The van der Waals surface area contributed by atoms with Crippen molar-refractivity contribution in [2.45, 2.75) is 34.2 Å². The highest BCUT2D eigenvalue weighted by molar-refractivity contribution is 6.31. The molecule has 0 heterocycles. The molecule has 2 aromatic rings. The third-order valence-electron chi connectivity index (χ3n) is 3.12. The SMILES string of the molecule is CC(=N)c1cc(C(=O)NCc2ccccc2Cl)ccc1N.CC(C)C. The predicted molar refractivity (Wildman–Crippen MR) is 106 cm³/mol. The lowest BCUT2D eigenvalue weighted by atomic mass is 10.0. The van der Waals surface area contributed by atoms with Crippen LogP contribution in [0.5, 0.6) is 0 Å². The summed E-state index contributed by atoms with van der Waals surface area (Å²) >= 11 is 6.05. The molecule has 0 unspecified atom stereocenters. The Balaban J connectivity index is 0.000000705. The molecule has 25 heavy (non-hydrogen) atoms. The number of amides is 1. The highest BCUT2D eigenvalue weighted by Crippen LogP contribution is 2.16. The van der Waals surface area contributed by atoms with Crippen LogP contribution in [0.15, 0.2) is 42.5 Å². The van der Waals surface area contributed by atoms with Gasteiger partial charge in [0.15, 0.2) is 0 Å². The average Bonchev–Trinajstić information content (AvgIpc) is 2.53. The van der Waals surface area contributed by atoms with Gasteiger partial charge in [0, 0.05) is 34.1 Å². The predicted octanol–water partition coefficient (Wildman–Crippen LogP) is 4.90. The van der Waals surface area contributed by atoms with Crippen molar-refractivity contribution in [1.29, 1.82) is 5.41 Å². The van der Waals surface area contributed by atoms with Crippen molar-refractivity contribution in [3.63, 3.8) is 0 Å². The summed E-state index contributed by atoms with van der Waals surface area (Å²) in [6, 6.07) is 12.3. The first-order chi connectivity index (χ1) is 11.7. The van der Waals surface area contributed by atoms with Crippen molar-refractivity contribution in [2.24, 2.45) is 5.92 Å². The first-order valence-electron chi connectivity index (χ1n) is 8.19. The summed E-state index contributed by atoms with van der Waals surface area (Å²) in [5.41, 5.74) is 8.50. The Labute approximate surface area is 154 Å². The fraction of sp³-hybridized carbons (Fsp3) is 0.300. The van der Waals surface area contributed by atoms with Gasteiger partial charge in [0.25, 0.3) is 5.91 Å². The van der Waals surface area contributed by atoms with Crippen LogP contribution in [0.3, 0.4) is 0 Å². The number of carbonyl (C=O) groups excluding carboxylic acids is 1. The molecule has 4 N–H and O–H groups in total. The van der Waals surface area contributed by atoms with Crippen LogP contribution in [-0.2, 0) is 6.54 Å². The van der Waals surface area contributed by atoms with Crippen molar-refractivity contribution in [3.8, 4) is 0 Å². The maximum absolute atomic E-state index is 12.1. The van der Waals surface area contributed by atoms with Gasteiger partial charge in [-0.05, 0) is 42.7 Å². The van der Waals surface area contributed by atoms with Gasteiger partial charge in [-0.1, -0.05) is 50.6 Å². The molecule has 4 nitrogen and oxygen atoms in total. The Hall–Kier alpha value is -2.33. The van der Waals surface area contributed by atoms with Crippen molar-refractivity contribution >= 4 is 28.9 Å². The summed E-state index contributed by atoms with van der Waals surface area (Å²) in [5, 5.41) is 11.1. The molecule has 0 aliphatic heterocycles. The molecule has 0 bridgehead atoms. The second kappa shape index (κ2) is 9.84. The van der Waals surface area contributed by atoms with Gasteiger partial charge in [0.2, 0.25) is 0 Å². The Kier molecular flexibility index (Phi) is 8.16. The molecule has 0 spiro atoms. The molecule has 0 aromatic heterocycles. The van der Waals surface area contributed by atoms with E-state index in [4.69, 9.17) is 22.7 Å². The van der Waals surface area contributed by atoms with Gasteiger partial charge in [0.1, 0.15) is 0 Å². The van der Waals surface area contributed by atoms with Gasteiger partial charge in [-0.25, -0.2) is 0 Å². The lowest BCUT2D eigenvalue weighted by Crippen LogP contribution is -2.23. The van der Waals surface area contributed by atoms with Crippen LogP contribution in [0.1, 0.15) is 49.2 Å². The summed E-state index contributed by atoms with van der Waals surface area (Å²) in [4.78, 5) is 12.1. The number of hydrogen-bond donors (Lipinski definition) is 3. The van der Waals surface area contributed by atoms with E-state index in [1.54, 1.807) is 31.2 Å². The number of rotatable bonds is 4. The van der Waals surface area contributed by atoms with Crippen LogP contribution < -0.4 is 11.1 Å². The highest BCUT2D eigenvalue weighted by atomic mass is 35.5. The zero-order valence-corrected chi connectivity index (χ0v) is 15.9. The topological polar surface area (TPSA) is 79.0 Å². The van der Waals surface area contributed by atoms with Gasteiger partial charge in [-0.2, -0.15) is 0 Å². The van der Waals surface area contributed by atoms with Crippen LogP contribution in [0.4, 0.5) is 5.69 Å². The number of carbonyl (C=O) groups is 1. The standard InChI is InChI=1S/C16H16ClN3O.C4H10/c1-10(18)13-8-11(6-7-15(13)19)16(21)20-9-12-4-2-3-5-14(12)17;1-4(2)3/h2-8,18H,9,19H2,1H3,(H,20,21);4H,1-3H3. The van der Waals surface area contributed by atoms with E-state index in [9.17, 15) is 4.79 Å². The smallest absolute Gasteiger partial charge is 0.251 e. The lowest BCUT2D eigenvalue weighted by Gasteiger charge is -2.09. The third-order valence-corrected chi connectivity index (χ3v) is 3.49. The molecule has 0 atom stereocenters.